The first-order valence-corrected chi connectivity index (χ1v) is 7.48. The fourth-order valence-electron chi connectivity index (χ4n) is 2.09. The van der Waals surface area contributed by atoms with Crippen molar-refractivity contribution in [2.45, 2.75) is 6.92 Å². The Balaban J connectivity index is 1.86. The number of aryl methyl sites for hydroxylation is 1. The lowest BCUT2D eigenvalue weighted by molar-refractivity contribution is 0.628. The molecule has 122 valence electrons. The lowest BCUT2D eigenvalue weighted by Crippen LogP contribution is -2.03. The fraction of sp³-hybridized carbons (Fsp3) is 0.0588. The second-order valence-corrected chi connectivity index (χ2v) is 5.48. The molecule has 0 amide bonds. The van der Waals surface area contributed by atoms with E-state index in [1.54, 1.807) is 31.2 Å². The van der Waals surface area contributed by atoms with Gasteiger partial charge in [0.1, 0.15) is 17.5 Å². The summed E-state index contributed by atoms with van der Waals surface area (Å²) >= 11 is 5.76. The number of para-hydroxylation sites is 1. The van der Waals surface area contributed by atoms with E-state index >= 15 is 0 Å². The Morgan fingerprint density at radius 2 is 1.71 bits per heavy atom. The van der Waals surface area contributed by atoms with Gasteiger partial charge in [-0.25, -0.2) is 13.8 Å². The van der Waals surface area contributed by atoms with Crippen LogP contribution in [0.5, 0.6) is 0 Å². The van der Waals surface area contributed by atoms with Gasteiger partial charge in [-0.05, 0) is 37.3 Å². The van der Waals surface area contributed by atoms with E-state index < -0.39 is 5.82 Å². The number of hydrogen-bond donors (Lipinski definition) is 2. The molecule has 0 saturated carbocycles. The number of halogens is 3. The zero-order chi connectivity index (χ0) is 17.1. The topological polar surface area (TPSA) is 49.8 Å². The second kappa shape index (κ2) is 6.80. The molecular weight excluding hydrogens is 334 g/mol. The van der Waals surface area contributed by atoms with E-state index in [1.807, 2.05) is 0 Å². The molecule has 2 N–H and O–H groups in total. The van der Waals surface area contributed by atoms with Gasteiger partial charge in [0, 0.05) is 17.4 Å². The zero-order valence-corrected chi connectivity index (χ0v) is 13.4. The summed E-state index contributed by atoms with van der Waals surface area (Å²) in [4.78, 5) is 8.53. The smallest absolute Gasteiger partial charge is 0.229 e. The van der Waals surface area contributed by atoms with Gasteiger partial charge in [0.2, 0.25) is 5.95 Å². The van der Waals surface area contributed by atoms with Gasteiger partial charge in [0.05, 0.1) is 10.7 Å². The van der Waals surface area contributed by atoms with Gasteiger partial charge in [-0.1, -0.05) is 23.7 Å². The van der Waals surface area contributed by atoms with Crippen molar-refractivity contribution in [2.24, 2.45) is 0 Å². The average Bonchev–Trinajstić information content (AvgIpc) is 2.53. The van der Waals surface area contributed by atoms with Crippen LogP contribution >= 0.6 is 11.6 Å². The lowest BCUT2D eigenvalue weighted by atomic mass is 10.3. The molecule has 1 heterocycles. The molecule has 0 atom stereocenters. The van der Waals surface area contributed by atoms with Crippen LogP contribution in [0, 0.1) is 18.6 Å². The molecule has 0 bridgehead atoms. The molecule has 0 saturated heterocycles. The molecule has 0 fully saturated rings. The van der Waals surface area contributed by atoms with Gasteiger partial charge in [-0.2, -0.15) is 4.98 Å². The van der Waals surface area contributed by atoms with E-state index in [-0.39, 0.29) is 16.8 Å². The van der Waals surface area contributed by atoms with Crippen LogP contribution in [0.1, 0.15) is 5.69 Å². The summed E-state index contributed by atoms with van der Waals surface area (Å²) in [6.45, 7) is 1.79. The van der Waals surface area contributed by atoms with Crippen molar-refractivity contribution in [1.82, 2.24) is 9.97 Å². The van der Waals surface area contributed by atoms with Crippen LogP contribution in [-0.2, 0) is 0 Å². The molecule has 0 aliphatic heterocycles. The minimum atomic E-state index is -0.505. The van der Waals surface area contributed by atoms with Crippen LogP contribution in [-0.4, -0.2) is 9.97 Å². The fourth-order valence-corrected chi connectivity index (χ4v) is 2.27. The summed E-state index contributed by atoms with van der Waals surface area (Å²) in [5.74, 6) is -0.164. The number of nitrogens with zero attached hydrogens (tertiary/aromatic N) is 2. The maximum atomic E-state index is 13.7. The number of rotatable bonds is 4. The van der Waals surface area contributed by atoms with Crippen molar-refractivity contribution in [3.8, 4) is 0 Å². The Morgan fingerprint density at radius 1 is 0.917 bits per heavy atom. The van der Waals surface area contributed by atoms with Gasteiger partial charge < -0.3 is 10.6 Å². The van der Waals surface area contributed by atoms with E-state index in [0.29, 0.717) is 22.9 Å². The molecule has 2 aromatic carbocycles. The third-order valence-corrected chi connectivity index (χ3v) is 3.46. The van der Waals surface area contributed by atoms with E-state index in [1.165, 1.54) is 24.3 Å². The van der Waals surface area contributed by atoms with Crippen LogP contribution < -0.4 is 10.6 Å². The quantitative estimate of drug-likeness (QED) is 0.681. The maximum absolute atomic E-state index is 13.7. The maximum Gasteiger partial charge on any atom is 0.229 e. The van der Waals surface area contributed by atoms with Crippen molar-refractivity contribution in [2.75, 3.05) is 10.6 Å². The summed E-state index contributed by atoms with van der Waals surface area (Å²) in [5, 5.41) is 5.85. The van der Waals surface area contributed by atoms with Crippen molar-refractivity contribution < 1.29 is 8.78 Å². The van der Waals surface area contributed by atoms with Gasteiger partial charge in [-0.15, -0.1) is 0 Å². The van der Waals surface area contributed by atoms with E-state index in [9.17, 15) is 8.78 Å². The predicted molar refractivity (Wildman–Crippen MR) is 91.1 cm³/mol. The highest BCUT2D eigenvalue weighted by atomic mass is 35.5. The minimum Gasteiger partial charge on any atom is -0.338 e. The number of aromatic nitrogens is 2. The summed E-state index contributed by atoms with van der Waals surface area (Å²) in [6.07, 6.45) is 0. The highest BCUT2D eigenvalue weighted by molar-refractivity contribution is 6.31. The first kappa shape index (κ1) is 16.1. The first-order chi connectivity index (χ1) is 11.5. The molecule has 7 heteroatoms. The largest absolute Gasteiger partial charge is 0.338 e. The summed E-state index contributed by atoms with van der Waals surface area (Å²) in [7, 11) is 0. The van der Waals surface area contributed by atoms with Crippen LogP contribution in [0.15, 0.2) is 48.5 Å². The van der Waals surface area contributed by atoms with Crippen molar-refractivity contribution >= 4 is 34.7 Å². The zero-order valence-electron chi connectivity index (χ0n) is 12.6. The normalized spacial score (nSPS) is 10.5. The highest BCUT2D eigenvalue weighted by Gasteiger charge is 2.07. The van der Waals surface area contributed by atoms with Gasteiger partial charge >= 0.3 is 0 Å². The van der Waals surface area contributed by atoms with Gasteiger partial charge in [0.15, 0.2) is 0 Å². The molecule has 0 aliphatic rings. The molecule has 3 rings (SSSR count). The Bertz CT molecular complexity index is 886. The predicted octanol–water partition coefficient (Wildman–Crippen LogP) is 5.20. The van der Waals surface area contributed by atoms with Gasteiger partial charge in [-0.3, -0.25) is 0 Å². The summed E-state index contributed by atoms with van der Waals surface area (Å²) in [6, 6.07) is 12.2. The lowest BCUT2D eigenvalue weighted by Gasteiger charge is -2.11. The molecule has 3 aromatic rings. The van der Waals surface area contributed by atoms with Crippen LogP contribution in [0.3, 0.4) is 0 Å². The third kappa shape index (κ3) is 3.78. The molecule has 24 heavy (non-hydrogen) atoms. The average molecular weight is 347 g/mol. The molecular formula is C17H13ClF2N4. The summed E-state index contributed by atoms with van der Waals surface area (Å²) < 4.78 is 26.9. The molecule has 0 spiro atoms. The van der Waals surface area contributed by atoms with Gasteiger partial charge in [0.25, 0.3) is 0 Å². The number of hydrogen-bond acceptors (Lipinski definition) is 4. The Morgan fingerprint density at radius 3 is 2.46 bits per heavy atom. The second-order valence-electron chi connectivity index (χ2n) is 5.08. The van der Waals surface area contributed by atoms with Crippen LogP contribution in [0.4, 0.5) is 31.9 Å². The minimum absolute atomic E-state index is 0.00245. The standard InChI is InChI=1S/C17H13ClF2N4/c1-10-8-16(23-15-5-3-2-4-14(15)20)24-17(21-10)22-11-6-7-13(19)12(18)9-11/h2-9H,1H3,(H2,21,22,23,24). The van der Waals surface area contributed by atoms with Crippen molar-refractivity contribution in [3.63, 3.8) is 0 Å². The van der Waals surface area contributed by atoms with Crippen molar-refractivity contribution in [3.05, 3.63) is 70.9 Å². The van der Waals surface area contributed by atoms with E-state index in [2.05, 4.69) is 20.6 Å². The molecule has 1 aromatic heterocycles. The Labute approximate surface area is 142 Å². The Hall–Kier alpha value is -2.73. The molecule has 0 aliphatic carbocycles. The highest BCUT2D eigenvalue weighted by Crippen LogP contribution is 2.23. The number of benzene rings is 2. The number of anilines is 4. The van der Waals surface area contributed by atoms with E-state index in [4.69, 9.17) is 11.6 Å². The van der Waals surface area contributed by atoms with Crippen LogP contribution in [0.25, 0.3) is 0 Å². The molecule has 4 nitrogen and oxygen atoms in total. The Kier molecular flexibility index (Phi) is 4.57. The monoisotopic (exact) mass is 346 g/mol. The SMILES string of the molecule is Cc1cc(Nc2ccccc2F)nc(Nc2ccc(F)c(Cl)c2)n1. The van der Waals surface area contributed by atoms with E-state index in [0.717, 1.165) is 0 Å². The third-order valence-electron chi connectivity index (χ3n) is 3.17. The van der Waals surface area contributed by atoms with Crippen molar-refractivity contribution in [1.29, 1.82) is 0 Å². The number of nitrogens with one attached hydrogen (secondary N) is 2. The molecule has 0 radical (unpaired) electrons. The van der Waals surface area contributed by atoms with Crippen LogP contribution in [0.2, 0.25) is 5.02 Å². The molecule has 0 unspecified atom stereocenters. The first-order valence-electron chi connectivity index (χ1n) is 7.10. The summed E-state index contributed by atoms with van der Waals surface area (Å²) in [5.41, 5.74) is 1.54.